The van der Waals surface area contributed by atoms with Gasteiger partial charge in [-0.25, -0.2) is 0 Å². The number of anilines is 1. The van der Waals surface area contributed by atoms with E-state index in [0.29, 0.717) is 6.04 Å². The Morgan fingerprint density at radius 2 is 1.85 bits per heavy atom. The van der Waals surface area contributed by atoms with E-state index in [-0.39, 0.29) is 17.2 Å². The van der Waals surface area contributed by atoms with Crippen molar-refractivity contribution in [3.63, 3.8) is 0 Å². The molecule has 2 aromatic carbocycles. The Hall–Kier alpha value is -2.92. The van der Waals surface area contributed by atoms with E-state index in [1.165, 1.54) is 16.8 Å². The van der Waals surface area contributed by atoms with E-state index in [9.17, 15) is 4.79 Å². The Labute approximate surface area is 201 Å². The molecule has 0 radical (unpaired) electrons. The van der Waals surface area contributed by atoms with Gasteiger partial charge in [0.25, 0.3) is 0 Å². The number of carbonyl (C=O) groups excluding carboxylic acids is 1. The molecule has 1 atom stereocenters. The van der Waals surface area contributed by atoms with Crippen molar-refractivity contribution in [2.45, 2.75) is 58.5 Å². The smallest absolute Gasteiger partial charge is 0.195 e. The third-order valence-electron chi connectivity index (χ3n) is 8.22. The van der Waals surface area contributed by atoms with Crippen LogP contribution in [0.3, 0.4) is 0 Å². The number of fused-ring (bicyclic) bond motifs is 4. The van der Waals surface area contributed by atoms with Crippen molar-refractivity contribution >= 4 is 28.6 Å². The number of hydrogen-bond acceptors (Lipinski definition) is 4. The zero-order valence-electron chi connectivity index (χ0n) is 20.9. The first-order valence-corrected chi connectivity index (χ1v) is 12.7. The third kappa shape index (κ3) is 3.17. The second-order valence-electron chi connectivity index (χ2n) is 10.9. The van der Waals surface area contributed by atoms with E-state index in [1.807, 2.05) is 6.21 Å². The van der Waals surface area contributed by atoms with Crippen LogP contribution in [0.15, 0.2) is 35.3 Å². The van der Waals surface area contributed by atoms with Gasteiger partial charge in [-0.2, -0.15) is 0 Å². The summed E-state index contributed by atoms with van der Waals surface area (Å²) >= 11 is 0. The van der Waals surface area contributed by atoms with Crippen molar-refractivity contribution in [2.75, 3.05) is 31.1 Å². The number of H-pyrrole nitrogens is 1. The minimum atomic E-state index is -0.283. The van der Waals surface area contributed by atoms with Gasteiger partial charge < -0.3 is 9.88 Å². The molecule has 5 nitrogen and oxygen atoms in total. The van der Waals surface area contributed by atoms with E-state index in [1.54, 1.807) is 0 Å². The van der Waals surface area contributed by atoms with Gasteiger partial charge in [0.05, 0.1) is 5.56 Å². The number of benzene rings is 2. The number of nitrogens with one attached hydrogen (secondary N) is 1. The minimum Gasteiger partial charge on any atom is -0.369 e. The molecule has 1 unspecified atom stereocenters. The summed E-state index contributed by atoms with van der Waals surface area (Å²) in [5.74, 6) is 0.150. The summed E-state index contributed by atoms with van der Waals surface area (Å²) in [5, 5.41) is 1.02. The fraction of sp³-hybridized carbons (Fsp3) is 0.448. The molecule has 1 aromatic heterocycles. The maximum absolute atomic E-state index is 13.9. The summed E-state index contributed by atoms with van der Waals surface area (Å²) < 4.78 is 0. The van der Waals surface area contributed by atoms with Gasteiger partial charge in [-0.1, -0.05) is 32.9 Å². The van der Waals surface area contributed by atoms with Crippen molar-refractivity contribution in [1.82, 2.24) is 9.88 Å². The van der Waals surface area contributed by atoms with Crippen molar-refractivity contribution in [1.29, 1.82) is 0 Å². The molecule has 3 aliphatic rings. The number of aromatic nitrogens is 1. The average molecular weight is 455 g/mol. The van der Waals surface area contributed by atoms with Crippen LogP contribution >= 0.6 is 0 Å². The molecule has 1 N–H and O–H groups in total. The van der Waals surface area contributed by atoms with Gasteiger partial charge in [0.1, 0.15) is 6.04 Å². The highest BCUT2D eigenvalue weighted by atomic mass is 16.1. The standard InChI is InChI=1S/C29H34N4O/c1-6-18-13-21-22(15-25(18)33-11-9-32(10-12-33)17(2)3)29(4,5)28-26(27(21)34)20-8-7-19(24-16-30-24)14-23(20)31-28/h7-8,13-17,24,31H,6,9-12H2,1-5H3. The maximum atomic E-state index is 13.9. The number of aliphatic imine (C=N–C) groups is 1. The van der Waals surface area contributed by atoms with Gasteiger partial charge in [-0.05, 0) is 55.2 Å². The molecule has 3 aromatic rings. The fourth-order valence-electron chi connectivity index (χ4n) is 5.98. The fourth-order valence-corrected chi connectivity index (χ4v) is 5.98. The lowest BCUT2D eigenvalue weighted by atomic mass is 9.70. The van der Waals surface area contributed by atoms with Crippen LogP contribution < -0.4 is 4.90 Å². The van der Waals surface area contributed by atoms with Crippen LogP contribution in [0.4, 0.5) is 5.69 Å². The van der Waals surface area contributed by atoms with Crippen LogP contribution in [-0.4, -0.2) is 54.1 Å². The van der Waals surface area contributed by atoms with Crippen molar-refractivity contribution < 1.29 is 4.79 Å². The largest absolute Gasteiger partial charge is 0.369 e. The molecule has 6 rings (SSSR count). The number of aryl methyl sites for hydroxylation is 1. The predicted molar refractivity (Wildman–Crippen MR) is 140 cm³/mol. The van der Waals surface area contributed by atoms with Crippen LogP contribution in [0.1, 0.15) is 79.0 Å². The lowest BCUT2D eigenvalue weighted by Crippen LogP contribution is -2.49. The van der Waals surface area contributed by atoms with Gasteiger partial charge >= 0.3 is 0 Å². The summed E-state index contributed by atoms with van der Waals surface area (Å²) in [6.45, 7) is 15.5. The lowest BCUT2D eigenvalue weighted by molar-refractivity contribution is 0.103. The zero-order chi connectivity index (χ0) is 23.8. The molecule has 1 aliphatic carbocycles. The molecule has 34 heavy (non-hydrogen) atoms. The first kappa shape index (κ1) is 21.6. The van der Waals surface area contributed by atoms with Crippen LogP contribution in [0.5, 0.6) is 0 Å². The summed E-state index contributed by atoms with van der Waals surface area (Å²) in [4.78, 5) is 26.9. The normalized spacial score (nSPS) is 21.3. The molecule has 5 heteroatoms. The van der Waals surface area contributed by atoms with Gasteiger partial charge in [0, 0.05) is 71.7 Å². The number of hydrogen-bond donors (Lipinski definition) is 1. The highest BCUT2D eigenvalue weighted by Crippen LogP contribution is 2.46. The third-order valence-corrected chi connectivity index (χ3v) is 8.22. The SMILES string of the molecule is CCc1cc2c(cc1N1CCN(C(C)C)CC1)C(C)(C)c1[nH]c3cc(C4C=N4)ccc3c1C2=O. The molecular formula is C29H34N4O. The predicted octanol–water partition coefficient (Wildman–Crippen LogP) is 5.26. The second kappa shape index (κ2) is 7.54. The molecule has 0 amide bonds. The van der Waals surface area contributed by atoms with Gasteiger partial charge in [0.2, 0.25) is 0 Å². The monoisotopic (exact) mass is 454 g/mol. The molecule has 176 valence electrons. The van der Waals surface area contributed by atoms with Crippen LogP contribution in [0.2, 0.25) is 0 Å². The van der Waals surface area contributed by atoms with Gasteiger partial charge in [0.15, 0.2) is 5.78 Å². The molecule has 2 aliphatic heterocycles. The Morgan fingerprint density at radius 3 is 2.50 bits per heavy atom. The number of piperazine rings is 1. The summed E-state index contributed by atoms with van der Waals surface area (Å²) in [7, 11) is 0. The van der Waals surface area contributed by atoms with Crippen molar-refractivity contribution in [3.05, 3.63) is 63.8 Å². The first-order valence-electron chi connectivity index (χ1n) is 12.7. The molecule has 0 bridgehead atoms. The highest BCUT2D eigenvalue weighted by Gasteiger charge is 2.40. The molecule has 0 spiro atoms. The van der Waals surface area contributed by atoms with E-state index >= 15 is 0 Å². The minimum absolute atomic E-state index is 0.150. The number of nitrogens with zero attached hydrogens (tertiary/aromatic N) is 3. The van der Waals surface area contributed by atoms with Crippen molar-refractivity contribution in [2.24, 2.45) is 4.99 Å². The van der Waals surface area contributed by atoms with Crippen molar-refractivity contribution in [3.8, 4) is 0 Å². The van der Waals surface area contributed by atoms with Gasteiger partial charge in [-0.3, -0.25) is 14.7 Å². The van der Waals surface area contributed by atoms with Crippen LogP contribution in [-0.2, 0) is 11.8 Å². The Balaban J connectivity index is 1.45. The quantitative estimate of drug-likeness (QED) is 0.585. The Kier molecular flexibility index (Phi) is 4.79. The topological polar surface area (TPSA) is 51.7 Å². The second-order valence-corrected chi connectivity index (χ2v) is 10.9. The first-order chi connectivity index (χ1) is 16.3. The molecule has 0 saturated carbocycles. The number of carbonyl (C=O) groups is 1. The van der Waals surface area contributed by atoms with E-state index in [0.717, 1.165) is 65.9 Å². The summed E-state index contributed by atoms with van der Waals surface area (Å²) in [5.41, 5.74) is 8.41. The maximum Gasteiger partial charge on any atom is 0.195 e. The Morgan fingerprint density at radius 1 is 1.12 bits per heavy atom. The van der Waals surface area contributed by atoms with E-state index in [4.69, 9.17) is 0 Å². The van der Waals surface area contributed by atoms with E-state index in [2.05, 4.69) is 84.7 Å². The average Bonchev–Trinajstić information content (AvgIpc) is 3.61. The summed E-state index contributed by atoms with van der Waals surface area (Å²) in [6, 6.07) is 11.7. The van der Waals surface area contributed by atoms with Gasteiger partial charge in [-0.15, -0.1) is 0 Å². The van der Waals surface area contributed by atoms with Crippen LogP contribution in [0, 0.1) is 0 Å². The molecule has 1 saturated heterocycles. The summed E-state index contributed by atoms with van der Waals surface area (Å²) in [6.07, 6.45) is 2.88. The number of rotatable bonds is 4. The molecule has 3 heterocycles. The highest BCUT2D eigenvalue weighted by molar-refractivity contribution is 6.20. The van der Waals surface area contributed by atoms with E-state index < -0.39 is 0 Å². The number of aromatic amines is 1. The Bertz CT molecular complexity index is 1330. The molecule has 1 fully saturated rings. The van der Waals surface area contributed by atoms with Crippen LogP contribution in [0.25, 0.3) is 10.9 Å². The number of ketones is 1. The lowest BCUT2D eigenvalue weighted by Gasteiger charge is -2.40. The molecular weight excluding hydrogens is 420 g/mol. The zero-order valence-corrected chi connectivity index (χ0v) is 20.9.